The summed E-state index contributed by atoms with van der Waals surface area (Å²) >= 11 is 0. The van der Waals surface area contributed by atoms with E-state index in [4.69, 9.17) is 5.11 Å². The van der Waals surface area contributed by atoms with Crippen LogP contribution in [0.3, 0.4) is 0 Å². The molecule has 0 saturated carbocycles. The van der Waals surface area contributed by atoms with Crippen LogP contribution < -0.4 is 10.6 Å². The molecule has 1 amide bonds. The lowest BCUT2D eigenvalue weighted by molar-refractivity contribution is -0.142. The Morgan fingerprint density at radius 3 is 2.53 bits per heavy atom. The van der Waals surface area contributed by atoms with Crippen molar-refractivity contribution in [3.63, 3.8) is 0 Å². The summed E-state index contributed by atoms with van der Waals surface area (Å²) in [6.07, 6.45) is 1.77. The molecular weight excluding hydrogens is 272 g/mol. The second-order valence-electron chi connectivity index (χ2n) is 5.02. The molecule has 8 heteroatoms. The zero-order chi connectivity index (χ0) is 14.6. The van der Waals surface area contributed by atoms with Crippen LogP contribution in [0.4, 0.5) is 0 Å². The molecule has 3 unspecified atom stereocenters. The lowest BCUT2D eigenvalue weighted by Crippen LogP contribution is -2.50. The van der Waals surface area contributed by atoms with Crippen molar-refractivity contribution < 1.29 is 23.1 Å². The fourth-order valence-corrected chi connectivity index (χ4v) is 2.70. The van der Waals surface area contributed by atoms with Crippen LogP contribution in [0.2, 0.25) is 0 Å². The Labute approximate surface area is 112 Å². The van der Waals surface area contributed by atoms with E-state index in [1.807, 2.05) is 6.92 Å². The van der Waals surface area contributed by atoms with Crippen molar-refractivity contribution in [1.29, 1.82) is 0 Å². The monoisotopic (exact) mass is 292 g/mol. The van der Waals surface area contributed by atoms with Gasteiger partial charge in [0.25, 0.3) is 0 Å². The molecule has 19 heavy (non-hydrogen) atoms. The molecule has 0 aromatic heterocycles. The van der Waals surface area contributed by atoms with Crippen LogP contribution in [-0.4, -0.2) is 56.0 Å². The summed E-state index contributed by atoms with van der Waals surface area (Å²) in [5, 5.41) is 14.4. The van der Waals surface area contributed by atoms with E-state index in [9.17, 15) is 18.0 Å². The van der Waals surface area contributed by atoms with Gasteiger partial charge in [0.15, 0.2) is 0 Å². The first-order valence-electron chi connectivity index (χ1n) is 6.15. The predicted octanol–water partition coefficient (Wildman–Crippen LogP) is -1.01. The van der Waals surface area contributed by atoms with Crippen molar-refractivity contribution in [2.45, 2.75) is 31.8 Å². The standard InChI is InChI=1S/C11H20N2O5S/c1-7-3-5-12-9(7)10(14)13-8(11(15)16)4-6-19(2,17)18/h7-9,12H,3-6H2,1-2H3,(H,13,14)(H,15,16). The van der Waals surface area contributed by atoms with Gasteiger partial charge in [-0.2, -0.15) is 0 Å². The molecule has 0 aromatic rings. The number of carboxylic acids is 1. The van der Waals surface area contributed by atoms with Crippen LogP contribution in [0.15, 0.2) is 0 Å². The summed E-state index contributed by atoms with van der Waals surface area (Å²) in [6.45, 7) is 2.64. The molecule has 0 aromatic carbocycles. The van der Waals surface area contributed by atoms with Crippen LogP contribution >= 0.6 is 0 Å². The van der Waals surface area contributed by atoms with Gasteiger partial charge >= 0.3 is 5.97 Å². The van der Waals surface area contributed by atoms with Gasteiger partial charge in [-0.05, 0) is 25.3 Å². The Balaban J connectivity index is 2.58. The van der Waals surface area contributed by atoms with E-state index in [0.29, 0.717) is 0 Å². The van der Waals surface area contributed by atoms with Crippen LogP contribution in [-0.2, 0) is 19.4 Å². The van der Waals surface area contributed by atoms with Crippen molar-refractivity contribution in [3.05, 3.63) is 0 Å². The number of carbonyl (C=O) groups is 2. The van der Waals surface area contributed by atoms with E-state index < -0.39 is 27.9 Å². The Morgan fingerprint density at radius 2 is 2.11 bits per heavy atom. The van der Waals surface area contributed by atoms with Gasteiger partial charge in [-0.25, -0.2) is 13.2 Å². The predicted molar refractivity (Wildman–Crippen MR) is 69.5 cm³/mol. The number of carbonyl (C=O) groups excluding carboxylic acids is 1. The Hall–Kier alpha value is -1.15. The Kier molecular flexibility index (Phi) is 5.30. The molecular formula is C11H20N2O5S. The maximum atomic E-state index is 11.9. The summed E-state index contributed by atoms with van der Waals surface area (Å²) in [5.41, 5.74) is 0. The number of hydrogen-bond acceptors (Lipinski definition) is 5. The number of nitrogens with one attached hydrogen (secondary N) is 2. The van der Waals surface area contributed by atoms with Crippen molar-refractivity contribution in [2.24, 2.45) is 5.92 Å². The van der Waals surface area contributed by atoms with E-state index in [0.717, 1.165) is 19.2 Å². The molecule has 0 spiro atoms. The zero-order valence-electron chi connectivity index (χ0n) is 11.0. The van der Waals surface area contributed by atoms with Gasteiger partial charge in [0.2, 0.25) is 5.91 Å². The van der Waals surface area contributed by atoms with Crippen LogP contribution in [0.1, 0.15) is 19.8 Å². The van der Waals surface area contributed by atoms with E-state index in [1.165, 1.54) is 0 Å². The maximum absolute atomic E-state index is 11.9. The first-order valence-corrected chi connectivity index (χ1v) is 8.21. The Morgan fingerprint density at radius 1 is 1.47 bits per heavy atom. The summed E-state index contributed by atoms with van der Waals surface area (Å²) < 4.78 is 22.1. The molecule has 1 heterocycles. The minimum Gasteiger partial charge on any atom is -0.480 e. The number of carboxylic acid groups (broad SMARTS) is 1. The van der Waals surface area contributed by atoms with Gasteiger partial charge in [-0.1, -0.05) is 6.92 Å². The molecule has 3 atom stereocenters. The fourth-order valence-electron chi connectivity index (χ4n) is 2.04. The molecule has 3 N–H and O–H groups in total. The molecule has 1 aliphatic heterocycles. The van der Waals surface area contributed by atoms with Crippen molar-refractivity contribution in [3.8, 4) is 0 Å². The molecule has 1 fully saturated rings. The molecule has 1 rings (SSSR count). The molecule has 7 nitrogen and oxygen atoms in total. The number of sulfone groups is 1. The third-order valence-corrected chi connectivity index (χ3v) is 4.18. The quantitative estimate of drug-likeness (QED) is 0.578. The minimum absolute atomic E-state index is 0.124. The van der Waals surface area contributed by atoms with Gasteiger partial charge in [0, 0.05) is 6.26 Å². The van der Waals surface area contributed by atoms with E-state index >= 15 is 0 Å². The molecule has 0 bridgehead atoms. The summed E-state index contributed by atoms with van der Waals surface area (Å²) in [4.78, 5) is 22.9. The third-order valence-electron chi connectivity index (χ3n) is 3.21. The van der Waals surface area contributed by atoms with Gasteiger partial charge in [-0.15, -0.1) is 0 Å². The highest BCUT2D eigenvalue weighted by atomic mass is 32.2. The SMILES string of the molecule is CC1CCNC1C(=O)NC(CCS(C)(=O)=O)C(=O)O. The van der Waals surface area contributed by atoms with Gasteiger partial charge in [0.05, 0.1) is 11.8 Å². The zero-order valence-corrected chi connectivity index (χ0v) is 11.9. The second kappa shape index (κ2) is 6.33. The summed E-state index contributed by atoms with van der Waals surface area (Å²) in [5.74, 6) is -1.73. The third kappa shape index (κ3) is 5.15. The first-order chi connectivity index (χ1) is 8.70. The fraction of sp³-hybridized carbons (Fsp3) is 0.818. The normalized spacial score (nSPS) is 24.9. The largest absolute Gasteiger partial charge is 0.480 e. The van der Waals surface area contributed by atoms with Crippen LogP contribution in [0.25, 0.3) is 0 Å². The lowest BCUT2D eigenvalue weighted by atomic mass is 10.0. The van der Waals surface area contributed by atoms with Crippen molar-refractivity contribution in [1.82, 2.24) is 10.6 Å². The van der Waals surface area contributed by atoms with Crippen molar-refractivity contribution in [2.75, 3.05) is 18.6 Å². The molecule has 1 aliphatic rings. The number of hydrogen-bond donors (Lipinski definition) is 3. The molecule has 1 saturated heterocycles. The van der Waals surface area contributed by atoms with E-state index in [2.05, 4.69) is 10.6 Å². The molecule has 0 radical (unpaired) electrons. The molecule has 0 aliphatic carbocycles. The van der Waals surface area contributed by atoms with Crippen molar-refractivity contribution >= 4 is 21.7 Å². The highest BCUT2D eigenvalue weighted by Gasteiger charge is 2.32. The topological polar surface area (TPSA) is 113 Å². The summed E-state index contributed by atoms with van der Waals surface area (Å²) in [6, 6.07) is -1.57. The number of rotatable bonds is 6. The average Bonchev–Trinajstić information content (AvgIpc) is 2.68. The average molecular weight is 292 g/mol. The maximum Gasteiger partial charge on any atom is 0.326 e. The highest BCUT2D eigenvalue weighted by molar-refractivity contribution is 7.90. The lowest BCUT2D eigenvalue weighted by Gasteiger charge is -2.19. The smallest absolute Gasteiger partial charge is 0.326 e. The van der Waals surface area contributed by atoms with Gasteiger partial charge in [0.1, 0.15) is 15.9 Å². The minimum atomic E-state index is -3.25. The highest BCUT2D eigenvalue weighted by Crippen LogP contribution is 2.14. The number of amides is 1. The van der Waals surface area contributed by atoms with Crippen LogP contribution in [0, 0.1) is 5.92 Å². The van der Waals surface area contributed by atoms with Gasteiger partial charge in [-0.3, -0.25) is 4.79 Å². The van der Waals surface area contributed by atoms with E-state index in [-0.39, 0.29) is 24.0 Å². The van der Waals surface area contributed by atoms with E-state index in [1.54, 1.807) is 0 Å². The van der Waals surface area contributed by atoms with Crippen LogP contribution in [0.5, 0.6) is 0 Å². The summed E-state index contributed by atoms with van der Waals surface area (Å²) in [7, 11) is -3.25. The Bertz CT molecular complexity index is 448. The first kappa shape index (κ1) is 15.9. The molecule has 110 valence electrons. The number of aliphatic carboxylic acids is 1. The van der Waals surface area contributed by atoms with Gasteiger partial charge < -0.3 is 15.7 Å². The second-order valence-corrected chi connectivity index (χ2v) is 7.28.